The van der Waals surface area contributed by atoms with Crippen LogP contribution in [0.4, 0.5) is 0 Å². The van der Waals surface area contributed by atoms with E-state index in [-0.39, 0.29) is 11.6 Å². The first-order valence-corrected chi connectivity index (χ1v) is 6.60. The molecule has 0 aromatic heterocycles. The van der Waals surface area contributed by atoms with E-state index in [1.165, 1.54) is 5.56 Å². The fourth-order valence-electron chi connectivity index (χ4n) is 2.96. The lowest BCUT2D eigenvalue weighted by atomic mass is 9.97. The van der Waals surface area contributed by atoms with E-state index in [0.29, 0.717) is 13.1 Å². The SMILES string of the molecule is O=C1CNC2(CCNCC2)N1Cc1ccccc1. The summed E-state index contributed by atoms with van der Waals surface area (Å²) in [6, 6.07) is 10.2. The molecule has 2 aliphatic heterocycles. The highest BCUT2D eigenvalue weighted by molar-refractivity contribution is 5.81. The zero-order valence-corrected chi connectivity index (χ0v) is 10.5. The molecule has 3 rings (SSSR count). The highest BCUT2D eigenvalue weighted by Gasteiger charge is 2.45. The van der Waals surface area contributed by atoms with Crippen molar-refractivity contribution < 1.29 is 4.79 Å². The van der Waals surface area contributed by atoms with Gasteiger partial charge in [0.25, 0.3) is 0 Å². The van der Waals surface area contributed by atoms with E-state index >= 15 is 0 Å². The molecule has 96 valence electrons. The predicted molar refractivity (Wildman–Crippen MR) is 69.8 cm³/mol. The maximum atomic E-state index is 12.1. The van der Waals surface area contributed by atoms with Crippen LogP contribution in [0.2, 0.25) is 0 Å². The van der Waals surface area contributed by atoms with E-state index in [1.54, 1.807) is 0 Å². The fraction of sp³-hybridized carbons (Fsp3) is 0.500. The smallest absolute Gasteiger partial charge is 0.238 e. The summed E-state index contributed by atoms with van der Waals surface area (Å²) in [5.41, 5.74) is 1.09. The number of rotatable bonds is 2. The van der Waals surface area contributed by atoms with Crippen molar-refractivity contribution >= 4 is 5.91 Å². The zero-order chi connectivity index (χ0) is 12.4. The highest BCUT2D eigenvalue weighted by atomic mass is 16.2. The number of piperidine rings is 1. The van der Waals surface area contributed by atoms with Gasteiger partial charge in [-0.1, -0.05) is 30.3 Å². The molecule has 0 bridgehead atoms. The Kier molecular flexibility index (Phi) is 3.06. The molecule has 1 aromatic rings. The summed E-state index contributed by atoms with van der Waals surface area (Å²) in [6.45, 7) is 3.15. The Balaban J connectivity index is 1.81. The van der Waals surface area contributed by atoms with Gasteiger partial charge in [0, 0.05) is 6.54 Å². The quantitative estimate of drug-likeness (QED) is 0.806. The van der Waals surface area contributed by atoms with E-state index in [1.807, 2.05) is 23.1 Å². The number of nitrogens with one attached hydrogen (secondary N) is 2. The van der Waals surface area contributed by atoms with Crippen molar-refractivity contribution in [3.63, 3.8) is 0 Å². The largest absolute Gasteiger partial charge is 0.319 e. The monoisotopic (exact) mass is 245 g/mol. The van der Waals surface area contributed by atoms with E-state index in [4.69, 9.17) is 0 Å². The molecule has 2 aliphatic rings. The van der Waals surface area contributed by atoms with Gasteiger partial charge >= 0.3 is 0 Å². The normalized spacial score (nSPS) is 22.7. The zero-order valence-electron chi connectivity index (χ0n) is 10.5. The standard InChI is InChI=1S/C14H19N3O/c18-13-10-16-14(6-8-15-9-7-14)17(13)11-12-4-2-1-3-5-12/h1-5,15-16H,6-11H2. The minimum Gasteiger partial charge on any atom is -0.319 e. The van der Waals surface area contributed by atoms with Gasteiger partial charge in [0.2, 0.25) is 5.91 Å². The van der Waals surface area contributed by atoms with Crippen LogP contribution in [0, 0.1) is 0 Å². The van der Waals surface area contributed by atoms with Gasteiger partial charge in [0.1, 0.15) is 0 Å². The number of carbonyl (C=O) groups excluding carboxylic acids is 1. The Hall–Kier alpha value is -1.39. The summed E-state index contributed by atoms with van der Waals surface area (Å²) in [4.78, 5) is 14.1. The van der Waals surface area contributed by atoms with Crippen LogP contribution in [0.25, 0.3) is 0 Å². The van der Waals surface area contributed by atoms with Gasteiger partial charge in [-0.3, -0.25) is 10.1 Å². The van der Waals surface area contributed by atoms with Gasteiger partial charge < -0.3 is 10.2 Å². The minimum absolute atomic E-state index is 0.113. The molecule has 0 aliphatic carbocycles. The molecule has 4 heteroatoms. The average molecular weight is 245 g/mol. The van der Waals surface area contributed by atoms with Gasteiger partial charge in [-0.25, -0.2) is 0 Å². The number of hydrogen-bond donors (Lipinski definition) is 2. The molecular formula is C14H19N3O. The molecule has 2 saturated heterocycles. The molecule has 1 spiro atoms. The molecule has 2 N–H and O–H groups in total. The molecule has 0 saturated carbocycles. The van der Waals surface area contributed by atoms with Gasteiger partial charge in [-0.15, -0.1) is 0 Å². The van der Waals surface area contributed by atoms with Crippen molar-refractivity contribution in [3.8, 4) is 0 Å². The number of hydrogen-bond acceptors (Lipinski definition) is 3. The molecule has 0 radical (unpaired) electrons. The molecule has 2 heterocycles. The summed E-state index contributed by atoms with van der Waals surface area (Å²) < 4.78 is 0. The lowest BCUT2D eigenvalue weighted by Crippen LogP contribution is -2.57. The Morgan fingerprint density at radius 1 is 1.17 bits per heavy atom. The predicted octanol–water partition coefficient (Wildman–Crippen LogP) is 0.698. The van der Waals surface area contributed by atoms with Crippen molar-refractivity contribution in [2.24, 2.45) is 0 Å². The van der Waals surface area contributed by atoms with Crippen LogP contribution in [-0.4, -0.2) is 36.1 Å². The molecule has 0 atom stereocenters. The highest BCUT2D eigenvalue weighted by Crippen LogP contribution is 2.29. The first kappa shape index (κ1) is 11.7. The maximum absolute atomic E-state index is 12.1. The Bertz CT molecular complexity index is 426. The first-order chi connectivity index (χ1) is 8.80. The van der Waals surface area contributed by atoms with Crippen LogP contribution in [0.1, 0.15) is 18.4 Å². The second-order valence-electron chi connectivity index (χ2n) is 5.10. The number of benzene rings is 1. The Morgan fingerprint density at radius 2 is 1.89 bits per heavy atom. The molecular weight excluding hydrogens is 226 g/mol. The van der Waals surface area contributed by atoms with Crippen molar-refractivity contribution in [2.45, 2.75) is 25.0 Å². The van der Waals surface area contributed by atoms with Crippen molar-refractivity contribution in [3.05, 3.63) is 35.9 Å². The van der Waals surface area contributed by atoms with Crippen molar-refractivity contribution in [1.82, 2.24) is 15.5 Å². The van der Waals surface area contributed by atoms with Crippen LogP contribution < -0.4 is 10.6 Å². The molecule has 1 aromatic carbocycles. The lowest BCUT2D eigenvalue weighted by molar-refractivity contribution is -0.132. The van der Waals surface area contributed by atoms with Crippen molar-refractivity contribution in [1.29, 1.82) is 0 Å². The van der Waals surface area contributed by atoms with Crippen LogP contribution >= 0.6 is 0 Å². The number of carbonyl (C=O) groups is 1. The third-order valence-electron chi connectivity index (χ3n) is 4.00. The van der Waals surface area contributed by atoms with E-state index in [0.717, 1.165) is 25.9 Å². The fourth-order valence-corrected chi connectivity index (χ4v) is 2.96. The molecule has 0 unspecified atom stereocenters. The summed E-state index contributed by atoms with van der Waals surface area (Å²) in [7, 11) is 0. The van der Waals surface area contributed by atoms with Gasteiger partial charge in [-0.2, -0.15) is 0 Å². The van der Waals surface area contributed by atoms with Gasteiger partial charge in [0.05, 0.1) is 12.2 Å². The summed E-state index contributed by atoms with van der Waals surface area (Å²) in [5, 5.41) is 6.79. The Morgan fingerprint density at radius 3 is 2.61 bits per heavy atom. The third-order valence-corrected chi connectivity index (χ3v) is 4.00. The van der Waals surface area contributed by atoms with Crippen LogP contribution in [0.15, 0.2) is 30.3 Å². The summed E-state index contributed by atoms with van der Waals surface area (Å²) in [6.07, 6.45) is 1.98. The second kappa shape index (κ2) is 4.71. The molecule has 4 nitrogen and oxygen atoms in total. The van der Waals surface area contributed by atoms with Crippen LogP contribution in [-0.2, 0) is 11.3 Å². The molecule has 1 amide bonds. The van der Waals surface area contributed by atoms with Crippen LogP contribution in [0.5, 0.6) is 0 Å². The maximum Gasteiger partial charge on any atom is 0.238 e. The first-order valence-electron chi connectivity index (χ1n) is 6.60. The number of amides is 1. The van der Waals surface area contributed by atoms with E-state index in [2.05, 4.69) is 22.8 Å². The Labute approximate surface area is 107 Å². The van der Waals surface area contributed by atoms with E-state index < -0.39 is 0 Å². The van der Waals surface area contributed by atoms with Crippen molar-refractivity contribution in [2.75, 3.05) is 19.6 Å². The van der Waals surface area contributed by atoms with Gasteiger partial charge in [0.15, 0.2) is 0 Å². The second-order valence-corrected chi connectivity index (χ2v) is 5.10. The number of nitrogens with zero attached hydrogens (tertiary/aromatic N) is 1. The molecule has 2 fully saturated rings. The molecule has 18 heavy (non-hydrogen) atoms. The van der Waals surface area contributed by atoms with E-state index in [9.17, 15) is 4.79 Å². The minimum atomic E-state index is -0.113. The topological polar surface area (TPSA) is 44.4 Å². The summed E-state index contributed by atoms with van der Waals surface area (Å²) >= 11 is 0. The lowest BCUT2D eigenvalue weighted by Gasteiger charge is -2.41. The van der Waals surface area contributed by atoms with Crippen LogP contribution in [0.3, 0.4) is 0 Å². The third kappa shape index (κ3) is 2.02. The average Bonchev–Trinajstić information content (AvgIpc) is 2.71. The summed E-state index contributed by atoms with van der Waals surface area (Å²) in [5.74, 6) is 0.223. The van der Waals surface area contributed by atoms with Gasteiger partial charge in [-0.05, 0) is 31.5 Å².